The number of thiophene rings is 1. The number of halogens is 1. The van der Waals surface area contributed by atoms with Gasteiger partial charge in [0.25, 0.3) is 0 Å². The zero-order chi connectivity index (χ0) is 47.5. The summed E-state index contributed by atoms with van der Waals surface area (Å²) in [5, 5.41) is 5.51. The number of nitrogens with zero attached hydrogens (tertiary/aromatic N) is 5. The second-order valence-corrected chi connectivity index (χ2v) is 17.5. The third kappa shape index (κ3) is 17.1. The standard InChI is InChI=1S/C27H37N5O6S.C16H16ClNO2S.H2O4S/c1-4-36-23(33)13-16-32(21-11-14-31(15-12-21)17-24(34)37-5-2)26-29-22(18-39-26)19-7-9-20(10-8-19)25(28)30-27(35)38-6-3;1-20-16(19)15(12-4-2-3-5-13(12)17)18-8-6-14-11(10-18)7-9-21-14;1-5(2,3)4/h7-10,18,21H,4-6,11-17H2,1-3H3,(H2,28,30,35);2-5,7,9,15H,6,8,10H2,1H3;(H2,1,2,3,4)/t;15-;/m.0./s1. The highest BCUT2D eigenvalue weighted by Crippen LogP contribution is 2.34. The van der Waals surface area contributed by atoms with Crippen molar-refractivity contribution in [3.05, 3.63) is 91.9 Å². The lowest BCUT2D eigenvalue weighted by molar-refractivity contribution is -0.148. The van der Waals surface area contributed by atoms with Gasteiger partial charge in [-0.05, 0) is 68.7 Å². The van der Waals surface area contributed by atoms with Gasteiger partial charge in [0.05, 0.1) is 45.6 Å². The monoisotopic (exact) mass is 978 g/mol. The quantitative estimate of drug-likeness (QED) is 0.0380. The minimum Gasteiger partial charge on any atom is -0.468 e. The first kappa shape index (κ1) is 52.6. The fourth-order valence-electron chi connectivity index (χ4n) is 7.09. The molecule has 0 aliphatic carbocycles. The third-order valence-corrected chi connectivity index (χ3v) is 12.3. The van der Waals surface area contributed by atoms with Crippen LogP contribution < -0.4 is 10.6 Å². The highest BCUT2D eigenvalue weighted by atomic mass is 35.5. The van der Waals surface area contributed by atoms with Crippen LogP contribution in [0.2, 0.25) is 5.02 Å². The number of nitrogens with two attached hydrogens (primary N) is 1. The Morgan fingerprint density at radius 1 is 0.938 bits per heavy atom. The maximum Gasteiger partial charge on any atom is 0.435 e. The molecule has 2 aromatic heterocycles. The average molecular weight is 980 g/mol. The number of thiazole rings is 1. The fraction of sp³-hybridized carbons (Fsp3) is 0.442. The molecule has 1 saturated heterocycles. The molecule has 2 aliphatic rings. The van der Waals surface area contributed by atoms with Gasteiger partial charge >= 0.3 is 34.4 Å². The van der Waals surface area contributed by atoms with Gasteiger partial charge in [-0.25, -0.2) is 14.6 Å². The van der Waals surface area contributed by atoms with Crippen LogP contribution >= 0.6 is 34.3 Å². The second-order valence-electron chi connectivity index (χ2n) is 14.3. The molecule has 65 heavy (non-hydrogen) atoms. The molecule has 4 heterocycles. The van der Waals surface area contributed by atoms with Crippen molar-refractivity contribution in [1.29, 1.82) is 0 Å². The van der Waals surface area contributed by atoms with Crippen LogP contribution in [0.4, 0.5) is 9.93 Å². The van der Waals surface area contributed by atoms with Crippen LogP contribution in [0, 0.1) is 0 Å². The van der Waals surface area contributed by atoms with Crippen LogP contribution in [0.15, 0.2) is 70.3 Å². The molecule has 18 nitrogen and oxygen atoms in total. The molecule has 1 atom stereocenters. The van der Waals surface area contributed by atoms with E-state index in [0.717, 1.165) is 67.4 Å². The highest BCUT2D eigenvalue weighted by molar-refractivity contribution is 7.79. The molecular weight excluding hydrogens is 924 g/mol. The Labute approximate surface area is 391 Å². The number of anilines is 1. The van der Waals surface area contributed by atoms with Crippen molar-refractivity contribution >= 4 is 79.6 Å². The smallest absolute Gasteiger partial charge is 0.435 e. The number of esters is 3. The van der Waals surface area contributed by atoms with E-state index >= 15 is 0 Å². The zero-order valence-electron chi connectivity index (χ0n) is 36.6. The molecule has 0 unspecified atom stereocenters. The van der Waals surface area contributed by atoms with E-state index in [-0.39, 0.29) is 49.4 Å². The molecule has 1 amide bonds. The van der Waals surface area contributed by atoms with Gasteiger partial charge < -0.3 is 29.6 Å². The topological polar surface area (TPSA) is 241 Å². The van der Waals surface area contributed by atoms with Crippen molar-refractivity contribution < 1.29 is 55.6 Å². The number of hydrogen-bond acceptors (Lipinski definition) is 16. The van der Waals surface area contributed by atoms with Gasteiger partial charge in [-0.15, -0.1) is 22.7 Å². The lowest BCUT2D eigenvalue weighted by Crippen LogP contribution is -2.47. The van der Waals surface area contributed by atoms with Gasteiger partial charge in [0.1, 0.15) is 11.9 Å². The number of aliphatic imine (C=N–C) groups is 1. The first-order chi connectivity index (χ1) is 31.0. The number of ether oxygens (including phenoxy) is 4. The number of benzene rings is 2. The van der Waals surface area contributed by atoms with Gasteiger partial charge in [-0.1, -0.05) is 54.1 Å². The maximum atomic E-state index is 12.3. The fourth-order valence-corrected chi connectivity index (χ4v) is 9.15. The summed E-state index contributed by atoms with van der Waals surface area (Å²) in [6, 6.07) is 16.7. The van der Waals surface area contributed by atoms with E-state index in [9.17, 15) is 19.2 Å². The van der Waals surface area contributed by atoms with Gasteiger partial charge in [-0.2, -0.15) is 13.4 Å². The summed E-state index contributed by atoms with van der Waals surface area (Å²) < 4.78 is 51.6. The Morgan fingerprint density at radius 2 is 1.58 bits per heavy atom. The molecule has 22 heteroatoms. The molecule has 1 fully saturated rings. The van der Waals surface area contributed by atoms with E-state index in [4.69, 9.17) is 58.8 Å². The van der Waals surface area contributed by atoms with Gasteiger partial charge in [0.2, 0.25) is 0 Å². The Balaban J connectivity index is 0.000000295. The molecule has 2 aliphatic heterocycles. The molecule has 0 saturated carbocycles. The van der Waals surface area contributed by atoms with Crippen LogP contribution in [-0.4, -0.2) is 128 Å². The predicted octanol–water partition coefficient (Wildman–Crippen LogP) is 6.48. The van der Waals surface area contributed by atoms with E-state index in [0.29, 0.717) is 30.3 Å². The zero-order valence-corrected chi connectivity index (χ0v) is 39.8. The molecule has 354 valence electrons. The first-order valence-electron chi connectivity index (χ1n) is 20.7. The summed E-state index contributed by atoms with van der Waals surface area (Å²) in [5.74, 6) is -0.628. The van der Waals surface area contributed by atoms with Crippen LogP contribution in [0.3, 0.4) is 0 Å². The number of amides is 1. The van der Waals surface area contributed by atoms with Crippen molar-refractivity contribution in [3.8, 4) is 11.3 Å². The van der Waals surface area contributed by atoms with E-state index in [1.54, 1.807) is 44.2 Å². The number of carbonyl (C=O) groups is 4. The highest BCUT2D eigenvalue weighted by Gasteiger charge is 2.33. The number of methoxy groups -OCH3 is 1. The van der Waals surface area contributed by atoms with Gasteiger partial charge in [0, 0.05) is 65.2 Å². The molecule has 6 rings (SSSR count). The molecule has 2 aromatic carbocycles. The van der Waals surface area contributed by atoms with E-state index < -0.39 is 22.5 Å². The minimum atomic E-state index is -4.67. The van der Waals surface area contributed by atoms with Gasteiger partial charge in [0.15, 0.2) is 5.13 Å². The number of fused-ring (bicyclic) bond motifs is 1. The minimum absolute atomic E-state index is 0.0819. The van der Waals surface area contributed by atoms with Crippen molar-refractivity contribution in [3.63, 3.8) is 0 Å². The number of carbonyl (C=O) groups excluding carboxylic acids is 4. The number of rotatable bonds is 15. The molecule has 0 bridgehead atoms. The summed E-state index contributed by atoms with van der Waals surface area (Å²) in [6.07, 6.45) is 2.18. The maximum absolute atomic E-state index is 12.3. The number of likely N-dealkylation sites (tertiary alicyclic amines) is 1. The van der Waals surface area contributed by atoms with Gasteiger partial charge in [-0.3, -0.25) is 28.5 Å². The SMILES string of the molecule is CCOC(=O)CCN(c1nc(-c2ccc(/C(N)=N/C(=O)OCC)cc2)cs1)C1CCN(CC(=O)OCC)CC1.COC(=O)[C@H](c1ccccc1Cl)N1CCc2sccc2C1.O=S(=O)(O)O. The Morgan fingerprint density at radius 3 is 2.22 bits per heavy atom. The summed E-state index contributed by atoms with van der Waals surface area (Å²) in [4.78, 5) is 64.4. The first-order valence-corrected chi connectivity index (χ1v) is 24.3. The molecule has 4 N–H and O–H groups in total. The average Bonchev–Trinajstić information content (AvgIpc) is 3.96. The summed E-state index contributed by atoms with van der Waals surface area (Å²) in [6.45, 7) is 10.1. The third-order valence-electron chi connectivity index (χ3n) is 10.0. The van der Waals surface area contributed by atoms with Crippen LogP contribution in [-0.2, 0) is 56.7 Å². The number of piperidine rings is 1. The van der Waals surface area contributed by atoms with Crippen molar-refractivity contribution in [2.75, 3.05) is 64.6 Å². The van der Waals surface area contributed by atoms with E-state index in [2.05, 4.69) is 31.1 Å². The van der Waals surface area contributed by atoms with Crippen LogP contribution in [0.5, 0.6) is 0 Å². The van der Waals surface area contributed by atoms with E-state index in [1.807, 2.05) is 41.8 Å². The van der Waals surface area contributed by atoms with Crippen molar-refractivity contribution in [2.24, 2.45) is 10.7 Å². The Bertz CT molecular complexity index is 2310. The number of amidine groups is 1. The second kappa shape index (κ2) is 26.2. The van der Waals surface area contributed by atoms with Crippen molar-refractivity contribution in [2.45, 2.75) is 65.1 Å². The van der Waals surface area contributed by atoms with Crippen molar-refractivity contribution in [1.82, 2.24) is 14.8 Å². The molecule has 0 radical (unpaired) electrons. The normalized spacial score (nSPS) is 14.9. The predicted molar refractivity (Wildman–Crippen MR) is 249 cm³/mol. The lowest BCUT2D eigenvalue weighted by atomic mass is 10.0. The summed E-state index contributed by atoms with van der Waals surface area (Å²) in [7, 11) is -3.24. The molecule has 4 aromatic rings. The molecule has 0 spiro atoms. The Hall–Kier alpha value is -5.00. The largest absolute Gasteiger partial charge is 0.468 e. The summed E-state index contributed by atoms with van der Waals surface area (Å²) >= 11 is 9.59. The van der Waals surface area contributed by atoms with Crippen LogP contribution in [0.1, 0.15) is 67.6 Å². The van der Waals surface area contributed by atoms with Crippen LogP contribution in [0.25, 0.3) is 11.3 Å². The molecular formula is C43H55ClN6O12S3. The number of aromatic nitrogens is 1. The van der Waals surface area contributed by atoms with E-state index in [1.165, 1.54) is 28.9 Å². The lowest BCUT2D eigenvalue weighted by Gasteiger charge is -2.38. The Kier molecular flexibility index (Phi) is 21.2. The summed E-state index contributed by atoms with van der Waals surface area (Å²) in [5.41, 5.74) is 10.3. The number of hydrogen-bond donors (Lipinski definition) is 3.